The fourth-order valence-corrected chi connectivity index (χ4v) is 2.17. The minimum absolute atomic E-state index is 0.310. The summed E-state index contributed by atoms with van der Waals surface area (Å²) in [6.07, 6.45) is 5.12. The minimum Gasteiger partial charge on any atom is -0.478 e. The third kappa shape index (κ3) is 4.60. The van der Waals surface area contributed by atoms with Gasteiger partial charge >= 0.3 is 5.97 Å². The molecule has 0 spiro atoms. The Hall–Kier alpha value is -2.35. The highest BCUT2D eigenvalue weighted by atomic mass is 16.4. The van der Waals surface area contributed by atoms with E-state index in [1.165, 1.54) is 5.56 Å². The number of carboxylic acids is 1. The van der Waals surface area contributed by atoms with Gasteiger partial charge in [-0.1, -0.05) is 62.4 Å². The first-order valence-electron chi connectivity index (χ1n) is 7.15. The molecule has 0 saturated heterocycles. The minimum atomic E-state index is -0.897. The zero-order valence-corrected chi connectivity index (χ0v) is 12.4. The first-order chi connectivity index (χ1) is 10.0. The maximum atomic E-state index is 10.8. The Morgan fingerprint density at radius 2 is 1.43 bits per heavy atom. The van der Waals surface area contributed by atoms with Gasteiger partial charge in [0.25, 0.3) is 0 Å². The Kier molecular flexibility index (Phi) is 4.94. The van der Waals surface area contributed by atoms with Crippen LogP contribution in [0.2, 0.25) is 0 Å². The molecule has 0 atom stereocenters. The van der Waals surface area contributed by atoms with E-state index in [-0.39, 0.29) is 0 Å². The molecule has 0 unspecified atom stereocenters. The van der Waals surface area contributed by atoms with Crippen LogP contribution in [0.3, 0.4) is 0 Å². The van der Waals surface area contributed by atoms with Gasteiger partial charge in [0, 0.05) is 0 Å². The largest absolute Gasteiger partial charge is 0.478 e. The van der Waals surface area contributed by atoms with Crippen molar-refractivity contribution in [1.82, 2.24) is 0 Å². The van der Waals surface area contributed by atoms with Crippen LogP contribution in [0.4, 0.5) is 0 Å². The molecule has 0 aliphatic rings. The zero-order valence-electron chi connectivity index (χ0n) is 12.4. The van der Waals surface area contributed by atoms with E-state index in [9.17, 15) is 4.79 Å². The first kappa shape index (κ1) is 15.0. The molecular formula is C19H20O2. The molecule has 0 heterocycles. The van der Waals surface area contributed by atoms with Crippen molar-refractivity contribution in [3.05, 3.63) is 70.8 Å². The number of hydrogen-bond acceptors (Lipinski definition) is 1. The summed E-state index contributed by atoms with van der Waals surface area (Å²) >= 11 is 0. The molecule has 108 valence electrons. The fourth-order valence-electron chi connectivity index (χ4n) is 2.17. The van der Waals surface area contributed by atoms with Gasteiger partial charge in [-0.05, 0) is 41.2 Å². The van der Waals surface area contributed by atoms with Gasteiger partial charge in [0.2, 0.25) is 0 Å². The zero-order chi connectivity index (χ0) is 15.2. The van der Waals surface area contributed by atoms with Gasteiger partial charge in [0.1, 0.15) is 0 Å². The molecule has 0 radical (unpaired) electrons. The number of carbonyl (C=O) groups is 1. The normalized spacial score (nSPS) is 11.2. The molecule has 2 aromatic rings. The molecule has 0 bridgehead atoms. The summed E-state index contributed by atoms with van der Waals surface area (Å²) in [5.74, 6) is -0.231. The van der Waals surface area contributed by atoms with E-state index in [1.54, 1.807) is 12.1 Å². The summed E-state index contributed by atoms with van der Waals surface area (Å²) in [4.78, 5) is 10.8. The summed E-state index contributed by atoms with van der Waals surface area (Å²) < 4.78 is 0. The van der Waals surface area contributed by atoms with Crippen molar-refractivity contribution in [2.45, 2.75) is 20.3 Å². The summed E-state index contributed by atoms with van der Waals surface area (Å²) in [5.41, 5.74) is 3.80. The van der Waals surface area contributed by atoms with E-state index < -0.39 is 5.97 Å². The molecule has 0 aromatic heterocycles. The topological polar surface area (TPSA) is 37.3 Å². The molecule has 0 aliphatic heterocycles. The molecule has 2 nitrogen and oxygen atoms in total. The second-order valence-electron chi connectivity index (χ2n) is 5.60. The van der Waals surface area contributed by atoms with Crippen LogP contribution in [-0.4, -0.2) is 11.1 Å². The average Bonchev–Trinajstić information content (AvgIpc) is 2.46. The second-order valence-corrected chi connectivity index (χ2v) is 5.60. The fraction of sp³-hybridized carbons (Fsp3) is 0.211. The Labute approximate surface area is 125 Å². The molecule has 2 heteroatoms. The van der Waals surface area contributed by atoms with Crippen molar-refractivity contribution in [3.8, 4) is 0 Å². The van der Waals surface area contributed by atoms with Crippen molar-refractivity contribution in [2.75, 3.05) is 0 Å². The number of aromatic carboxylic acids is 1. The summed E-state index contributed by atoms with van der Waals surface area (Å²) in [5, 5.41) is 8.85. The molecule has 0 saturated carbocycles. The monoisotopic (exact) mass is 280 g/mol. The Morgan fingerprint density at radius 3 is 1.86 bits per heavy atom. The van der Waals surface area contributed by atoms with Crippen molar-refractivity contribution < 1.29 is 9.90 Å². The average molecular weight is 280 g/mol. The lowest BCUT2D eigenvalue weighted by atomic mass is 10.0. The lowest BCUT2D eigenvalue weighted by Crippen LogP contribution is -1.94. The SMILES string of the molecule is CC(C)Cc1ccc(/C=C\c2ccc(C(=O)O)cc2)cc1. The Balaban J connectivity index is 2.05. The van der Waals surface area contributed by atoms with Crippen LogP contribution in [-0.2, 0) is 6.42 Å². The van der Waals surface area contributed by atoms with Crippen molar-refractivity contribution in [2.24, 2.45) is 5.92 Å². The highest BCUT2D eigenvalue weighted by Gasteiger charge is 2.00. The summed E-state index contributed by atoms with van der Waals surface area (Å²) in [6.45, 7) is 4.43. The van der Waals surface area contributed by atoms with Crippen molar-refractivity contribution in [1.29, 1.82) is 0 Å². The Morgan fingerprint density at radius 1 is 0.952 bits per heavy atom. The molecular weight excluding hydrogens is 260 g/mol. The van der Waals surface area contributed by atoms with Crippen LogP contribution in [0.5, 0.6) is 0 Å². The van der Waals surface area contributed by atoms with E-state index in [0.717, 1.165) is 17.5 Å². The maximum absolute atomic E-state index is 10.8. The Bertz CT molecular complexity index is 620. The highest BCUT2D eigenvalue weighted by molar-refractivity contribution is 5.88. The highest BCUT2D eigenvalue weighted by Crippen LogP contribution is 2.13. The van der Waals surface area contributed by atoms with Crippen LogP contribution >= 0.6 is 0 Å². The molecule has 2 rings (SSSR count). The summed E-state index contributed by atoms with van der Waals surface area (Å²) in [6, 6.07) is 15.4. The van der Waals surface area contributed by atoms with E-state index >= 15 is 0 Å². The predicted octanol–water partition coefficient (Wildman–Crippen LogP) is 4.75. The molecule has 0 fully saturated rings. The molecule has 2 aromatic carbocycles. The standard InChI is InChI=1S/C19H20O2/c1-14(2)13-17-7-5-15(6-8-17)3-4-16-9-11-18(12-10-16)19(20)21/h3-12,14H,13H2,1-2H3,(H,20,21)/b4-3-. The number of rotatable bonds is 5. The van der Waals surface area contributed by atoms with Gasteiger partial charge in [-0.3, -0.25) is 0 Å². The summed E-state index contributed by atoms with van der Waals surface area (Å²) in [7, 11) is 0. The number of hydrogen-bond donors (Lipinski definition) is 1. The third-order valence-electron chi connectivity index (χ3n) is 3.25. The van der Waals surface area contributed by atoms with Gasteiger partial charge in [-0.2, -0.15) is 0 Å². The first-order valence-corrected chi connectivity index (χ1v) is 7.15. The van der Waals surface area contributed by atoms with Gasteiger partial charge in [0.05, 0.1) is 5.56 Å². The molecule has 0 amide bonds. The van der Waals surface area contributed by atoms with Crippen LogP contribution in [0.15, 0.2) is 48.5 Å². The van der Waals surface area contributed by atoms with Gasteiger partial charge in [-0.25, -0.2) is 4.79 Å². The molecule has 1 N–H and O–H groups in total. The van der Waals surface area contributed by atoms with Gasteiger partial charge in [-0.15, -0.1) is 0 Å². The van der Waals surface area contributed by atoms with Crippen LogP contribution in [0, 0.1) is 5.92 Å². The van der Waals surface area contributed by atoms with Crippen molar-refractivity contribution in [3.63, 3.8) is 0 Å². The lowest BCUT2D eigenvalue weighted by Gasteiger charge is -2.04. The van der Waals surface area contributed by atoms with E-state index in [4.69, 9.17) is 5.11 Å². The quantitative estimate of drug-likeness (QED) is 0.802. The van der Waals surface area contributed by atoms with E-state index in [2.05, 4.69) is 38.1 Å². The van der Waals surface area contributed by atoms with Crippen LogP contribution in [0.1, 0.15) is 40.9 Å². The van der Waals surface area contributed by atoms with Gasteiger partial charge in [0.15, 0.2) is 0 Å². The van der Waals surface area contributed by atoms with E-state index in [1.807, 2.05) is 24.3 Å². The van der Waals surface area contributed by atoms with Gasteiger partial charge < -0.3 is 5.11 Å². The van der Waals surface area contributed by atoms with Crippen LogP contribution < -0.4 is 0 Å². The van der Waals surface area contributed by atoms with Crippen molar-refractivity contribution >= 4 is 18.1 Å². The second kappa shape index (κ2) is 6.89. The number of carboxylic acid groups (broad SMARTS) is 1. The number of benzene rings is 2. The van der Waals surface area contributed by atoms with Crippen LogP contribution in [0.25, 0.3) is 12.2 Å². The molecule has 21 heavy (non-hydrogen) atoms. The molecule has 0 aliphatic carbocycles. The smallest absolute Gasteiger partial charge is 0.335 e. The maximum Gasteiger partial charge on any atom is 0.335 e. The van der Waals surface area contributed by atoms with E-state index in [0.29, 0.717) is 11.5 Å². The predicted molar refractivity (Wildman–Crippen MR) is 87.3 cm³/mol. The lowest BCUT2D eigenvalue weighted by molar-refractivity contribution is 0.0697. The third-order valence-corrected chi connectivity index (χ3v) is 3.25.